The van der Waals surface area contributed by atoms with Crippen molar-refractivity contribution in [2.24, 2.45) is 11.3 Å². The first kappa shape index (κ1) is 15.3. The molecule has 4 nitrogen and oxygen atoms in total. The molecule has 0 radical (unpaired) electrons. The number of nitrogens with one attached hydrogen (secondary N) is 1. The third-order valence-corrected chi connectivity index (χ3v) is 5.01. The molecule has 20 heavy (non-hydrogen) atoms. The summed E-state index contributed by atoms with van der Waals surface area (Å²) >= 11 is 0. The van der Waals surface area contributed by atoms with E-state index in [1.54, 1.807) is 0 Å². The Kier molecular flexibility index (Phi) is 4.34. The predicted octanol–water partition coefficient (Wildman–Crippen LogP) is 2.17. The molecule has 0 bridgehead atoms. The highest BCUT2D eigenvalue weighted by atomic mass is 32.2. The van der Waals surface area contributed by atoms with Crippen LogP contribution in [-0.4, -0.2) is 27.3 Å². The van der Waals surface area contributed by atoms with Gasteiger partial charge in [0.05, 0.1) is 5.75 Å². The molecule has 0 spiro atoms. The molecule has 1 saturated carbocycles. The molecule has 0 heterocycles. The zero-order valence-electron chi connectivity index (χ0n) is 11.7. The molecule has 112 valence electrons. The molecule has 0 aliphatic heterocycles. The van der Waals surface area contributed by atoms with Gasteiger partial charge in [-0.15, -0.1) is 0 Å². The van der Waals surface area contributed by atoms with Gasteiger partial charge in [-0.2, -0.15) is 0 Å². The molecule has 1 aliphatic rings. The number of hydrogen-bond acceptors (Lipinski definition) is 3. The van der Waals surface area contributed by atoms with Crippen molar-refractivity contribution in [1.82, 2.24) is 4.72 Å². The minimum absolute atomic E-state index is 0.0506. The van der Waals surface area contributed by atoms with Gasteiger partial charge in [-0.25, -0.2) is 17.5 Å². The number of hydrogen-bond donors (Lipinski definition) is 1. The van der Waals surface area contributed by atoms with Gasteiger partial charge in [0, 0.05) is 6.54 Å². The zero-order valence-corrected chi connectivity index (χ0v) is 12.5. The van der Waals surface area contributed by atoms with Crippen LogP contribution in [0.1, 0.15) is 20.3 Å². The van der Waals surface area contributed by atoms with Crippen LogP contribution in [0, 0.1) is 17.2 Å². The van der Waals surface area contributed by atoms with Crippen LogP contribution >= 0.6 is 0 Å². The lowest BCUT2D eigenvalue weighted by molar-refractivity contribution is 0.339. The summed E-state index contributed by atoms with van der Waals surface area (Å²) in [6, 6.07) is 5.50. The van der Waals surface area contributed by atoms with Crippen molar-refractivity contribution in [3.63, 3.8) is 0 Å². The Balaban J connectivity index is 1.71. The molecule has 2 rings (SSSR count). The Hall–Kier alpha value is -1.14. The van der Waals surface area contributed by atoms with Crippen LogP contribution in [0.5, 0.6) is 5.75 Å². The smallest absolute Gasteiger partial charge is 0.214 e. The van der Waals surface area contributed by atoms with Crippen LogP contribution in [0.15, 0.2) is 24.3 Å². The van der Waals surface area contributed by atoms with Gasteiger partial charge in [0.1, 0.15) is 18.2 Å². The number of halogens is 1. The van der Waals surface area contributed by atoms with E-state index < -0.39 is 10.0 Å². The maximum Gasteiger partial charge on any atom is 0.214 e. The van der Waals surface area contributed by atoms with Gasteiger partial charge in [-0.05, 0) is 42.0 Å². The average molecular weight is 301 g/mol. The van der Waals surface area contributed by atoms with E-state index in [0.717, 1.165) is 6.42 Å². The van der Waals surface area contributed by atoms with E-state index in [4.69, 9.17) is 4.74 Å². The Morgan fingerprint density at radius 2 is 1.95 bits per heavy atom. The molecular formula is C14H20FNO3S. The molecule has 1 aliphatic carbocycles. The summed E-state index contributed by atoms with van der Waals surface area (Å²) in [6.45, 7) is 4.80. The molecule has 1 unspecified atom stereocenters. The normalized spacial score (nSPS) is 20.6. The molecule has 0 aromatic heterocycles. The molecular weight excluding hydrogens is 281 g/mol. The number of benzene rings is 1. The monoisotopic (exact) mass is 301 g/mol. The fourth-order valence-corrected chi connectivity index (χ4v) is 2.93. The molecule has 1 fully saturated rings. The lowest BCUT2D eigenvalue weighted by Crippen LogP contribution is -2.31. The van der Waals surface area contributed by atoms with Gasteiger partial charge in [-0.3, -0.25) is 0 Å². The highest BCUT2D eigenvalue weighted by molar-refractivity contribution is 7.89. The minimum Gasteiger partial charge on any atom is -0.492 e. The maximum absolute atomic E-state index is 12.7. The van der Waals surface area contributed by atoms with E-state index >= 15 is 0 Å². The number of ether oxygens (including phenoxy) is 1. The summed E-state index contributed by atoms with van der Waals surface area (Å²) in [6.07, 6.45) is 1.06. The van der Waals surface area contributed by atoms with Gasteiger partial charge in [0.2, 0.25) is 10.0 Å². The van der Waals surface area contributed by atoms with Gasteiger partial charge in [0.25, 0.3) is 0 Å². The molecule has 1 N–H and O–H groups in total. The fourth-order valence-electron chi connectivity index (χ4n) is 2.02. The van der Waals surface area contributed by atoms with Crippen molar-refractivity contribution in [3.8, 4) is 5.75 Å². The molecule has 0 saturated heterocycles. The second kappa shape index (κ2) is 5.69. The predicted molar refractivity (Wildman–Crippen MR) is 75.6 cm³/mol. The third kappa shape index (κ3) is 4.45. The lowest BCUT2D eigenvalue weighted by Gasteiger charge is -2.09. The van der Waals surface area contributed by atoms with Crippen molar-refractivity contribution in [2.45, 2.75) is 20.3 Å². The topological polar surface area (TPSA) is 55.4 Å². The van der Waals surface area contributed by atoms with E-state index in [1.807, 2.05) is 0 Å². The summed E-state index contributed by atoms with van der Waals surface area (Å²) in [5.74, 6) is 0.441. The quantitative estimate of drug-likeness (QED) is 0.840. The Bertz CT molecular complexity index is 554. The second-order valence-electron chi connectivity index (χ2n) is 5.86. The van der Waals surface area contributed by atoms with Gasteiger partial charge in [0.15, 0.2) is 0 Å². The van der Waals surface area contributed by atoms with Gasteiger partial charge < -0.3 is 4.74 Å². The third-order valence-electron chi connectivity index (χ3n) is 3.70. The van der Waals surface area contributed by atoms with Crippen molar-refractivity contribution < 1.29 is 17.5 Å². The fraction of sp³-hybridized carbons (Fsp3) is 0.571. The van der Waals surface area contributed by atoms with Crippen molar-refractivity contribution in [2.75, 3.05) is 18.9 Å². The standard InChI is InChI=1S/C14H20FNO3S/c1-14(2)9-11(14)10-16-20(17,18)8-7-19-13-5-3-12(15)4-6-13/h3-6,11,16H,7-10H2,1-2H3. The maximum atomic E-state index is 12.7. The van der Waals surface area contributed by atoms with E-state index in [2.05, 4.69) is 18.6 Å². The van der Waals surface area contributed by atoms with Crippen LogP contribution < -0.4 is 9.46 Å². The zero-order chi connectivity index (χ0) is 14.8. The minimum atomic E-state index is -3.31. The Labute approximate surface area is 119 Å². The summed E-state index contributed by atoms with van der Waals surface area (Å²) < 4.78 is 44.1. The summed E-state index contributed by atoms with van der Waals surface area (Å²) in [4.78, 5) is 0. The summed E-state index contributed by atoms with van der Waals surface area (Å²) in [5, 5.41) is 0. The van der Waals surface area contributed by atoms with E-state index in [1.165, 1.54) is 24.3 Å². The van der Waals surface area contributed by atoms with Gasteiger partial charge >= 0.3 is 0 Å². The van der Waals surface area contributed by atoms with Crippen molar-refractivity contribution >= 4 is 10.0 Å². The van der Waals surface area contributed by atoms with Crippen LogP contribution in [0.2, 0.25) is 0 Å². The molecule has 0 amide bonds. The Morgan fingerprint density at radius 3 is 2.50 bits per heavy atom. The highest BCUT2D eigenvalue weighted by Gasteiger charge is 2.45. The molecule has 1 aromatic rings. The second-order valence-corrected chi connectivity index (χ2v) is 7.79. The highest BCUT2D eigenvalue weighted by Crippen LogP contribution is 2.51. The van der Waals surface area contributed by atoms with Crippen molar-refractivity contribution in [1.29, 1.82) is 0 Å². The van der Waals surface area contributed by atoms with E-state index in [0.29, 0.717) is 18.2 Å². The largest absolute Gasteiger partial charge is 0.492 e. The average Bonchev–Trinajstić information content (AvgIpc) is 2.97. The SMILES string of the molecule is CC1(C)CC1CNS(=O)(=O)CCOc1ccc(F)cc1. The van der Waals surface area contributed by atoms with Gasteiger partial charge in [-0.1, -0.05) is 13.8 Å². The first-order chi connectivity index (χ1) is 9.28. The Morgan fingerprint density at radius 1 is 1.35 bits per heavy atom. The molecule has 6 heteroatoms. The lowest BCUT2D eigenvalue weighted by atomic mass is 10.1. The first-order valence-corrected chi connectivity index (χ1v) is 8.29. The van der Waals surface area contributed by atoms with E-state index in [9.17, 15) is 12.8 Å². The van der Waals surface area contributed by atoms with E-state index in [-0.39, 0.29) is 23.6 Å². The number of rotatable bonds is 7. The summed E-state index contributed by atoms with van der Waals surface area (Å²) in [7, 11) is -3.31. The molecule has 1 atom stereocenters. The van der Waals surface area contributed by atoms with Crippen molar-refractivity contribution in [3.05, 3.63) is 30.1 Å². The van der Waals surface area contributed by atoms with Crippen LogP contribution in [0.3, 0.4) is 0 Å². The first-order valence-electron chi connectivity index (χ1n) is 6.64. The molecule has 1 aromatic carbocycles. The van der Waals surface area contributed by atoms with Crippen LogP contribution in [0.4, 0.5) is 4.39 Å². The number of sulfonamides is 1. The van der Waals surface area contributed by atoms with Crippen LogP contribution in [-0.2, 0) is 10.0 Å². The van der Waals surface area contributed by atoms with Crippen LogP contribution in [0.25, 0.3) is 0 Å². The summed E-state index contributed by atoms with van der Waals surface area (Å²) in [5.41, 5.74) is 0.257.